The summed E-state index contributed by atoms with van der Waals surface area (Å²) in [6.45, 7) is 5.85. The van der Waals surface area contributed by atoms with Gasteiger partial charge in [-0.3, -0.25) is 0 Å². The molecule has 1 N–H and O–H groups in total. The van der Waals surface area contributed by atoms with Crippen LogP contribution in [-0.2, 0) is 4.74 Å². The zero-order chi connectivity index (χ0) is 22.6. The Morgan fingerprint density at radius 3 is 2.06 bits per heavy atom. The quantitative estimate of drug-likeness (QED) is 0.582. The van der Waals surface area contributed by atoms with Gasteiger partial charge in [0.15, 0.2) is 0 Å². The molecule has 3 aromatic rings. The van der Waals surface area contributed by atoms with Crippen LogP contribution in [-0.4, -0.2) is 72.4 Å². The minimum atomic E-state index is 0.499. The number of pyridine rings is 1. The van der Waals surface area contributed by atoms with Crippen LogP contribution in [0.5, 0.6) is 0 Å². The molecule has 0 atom stereocenters. The number of ether oxygens (including phenoxy) is 1. The predicted molar refractivity (Wildman–Crippen MR) is 131 cm³/mol. The van der Waals surface area contributed by atoms with E-state index in [9.17, 15) is 0 Å². The molecule has 2 aliphatic rings. The van der Waals surface area contributed by atoms with Crippen molar-refractivity contribution in [2.75, 3.05) is 72.5 Å². The first-order valence-electron chi connectivity index (χ1n) is 10.9. The molecule has 0 saturated carbocycles. The van der Waals surface area contributed by atoms with Crippen LogP contribution in [0.1, 0.15) is 0 Å². The number of hydrogen-bond acceptors (Lipinski definition) is 9. The van der Waals surface area contributed by atoms with E-state index in [-0.39, 0.29) is 0 Å². The van der Waals surface area contributed by atoms with Gasteiger partial charge < -0.3 is 24.8 Å². The average molecular weight is 487 g/mol. The molecule has 9 nitrogen and oxygen atoms in total. The van der Waals surface area contributed by atoms with Crippen molar-refractivity contribution in [3.63, 3.8) is 0 Å². The number of morpholine rings is 1. The first-order valence-corrected chi connectivity index (χ1v) is 11.6. The number of anilines is 5. The second-order valence-corrected chi connectivity index (χ2v) is 8.62. The van der Waals surface area contributed by atoms with Crippen LogP contribution in [0.4, 0.5) is 29.4 Å². The highest BCUT2D eigenvalue weighted by Gasteiger charge is 2.24. The lowest BCUT2D eigenvalue weighted by Gasteiger charge is -2.36. The number of piperazine rings is 1. The minimum absolute atomic E-state index is 0.499. The first kappa shape index (κ1) is 21.9. The van der Waals surface area contributed by atoms with Gasteiger partial charge in [-0.15, -0.1) is 0 Å². The normalized spacial score (nSPS) is 16.7. The maximum absolute atomic E-state index is 6.34. The molecule has 2 saturated heterocycles. The Morgan fingerprint density at radius 2 is 1.39 bits per heavy atom. The zero-order valence-corrected chi connectivity index (χ0v) is 19.5. The summed E-state index contributed by atoms with van der Waals surface area (Å²) in [4.78, 5) is 25.1. The third kappa shape index (κ3) is 5.21. The van der Waals surface area contributed by atoms with E-state index in [1.165, 1.54) is 0 Å². The van der Waals surface area contributed by atoms with Gasteiger partial charge in [-0.25, -0.2) is 4.98 Å². The van der Waals surface area contributed by atoms with Crippen LogP contribution in [0.2, 0.25) is 10.0 Å². The van der Waals surface area contributed by atoms with Crippen LogP contribution in [0.3, 0.4) is 0 Å². The van der Waals surface area contributed by atoms with Crippen molar-refractivity contribution in [1.29, 1.82) is 0 Å². The summed E-state index contributed by atoms with van der Waals surface area (Å²) in [5, 5.41) is 4.63. The van der Waals surface area contributed by atoms with E-state index >= 15 is 0 Å². The van der Waals surface area contributed by atoms with Crippen molar-refractivity contribution in [2.24, 2.45) is 0 Å². The van der Waals surface area contributed by atoms with Gasteiger partial charge >= 0.3 is 0 Å². The van der Waals surface area contributed by atoms with E-state index in [0.29, 0.717) is 41.1 Å². The van der Waals surface area contributed by atoms with Gasteiger partial charge in [0.05, 0.1) is 18.2 Å². The van der Waals surface area contributed by atoms with Crippen molar-refractivity contribution < 1.29 is 4.74 Å². The summed E-state index contributed by atoms with van der Waals surface area (Å²) in [5.41, 5.74) is 0.860. The lowest BCUT2D eigenvalue weighted by Crippen LogP contribution is -2.47. The molecule has 2 fully saturated rings. The van der Waals surface area contributed by atoms with Crippen molar-refractivity contribution in [3.05, 3.63) is 52.6 Å². The van der Waals surface area contributed by atoms with E-state index in [1.54, 1.807) is 6.20 Å². The van der Waals surface area contributed by atoms with E-state index in [0.717, 1.165) is 50.8 Å². The number of benzene rings is 1. The molecule has 5 rings (SSSR count). The fourth-order valence-electron chi connectivity index (χ4n) is 3.85. The number of hydrogen-bond donors (Lipinski definition) is 1. The van der Waals surface area contributed by atoms with Gasteiger partial charge in [-0.1, -0.05) is 23.2 Å². The third-order valence-electron chi connectivity index (χ3n) is 5.61. The smallest absolute Gasteiger partial charge is 0.233 e. The van der Waals surface area contributed by atoms with E-state index < -0.39 is 0 Å². The lowest BCUT2D eigenvalue weighted by molar-refractivity contribution is 0.122. The summed E-state index contributed by atoms with van der Waals surface area (Å²) in [7, 11) is 0. The largest absolute Gasteiger partial charge is 0.378 e. The summed E-state index contributed by atoms with van der Waals surface area (Å²) >= 11 is 12.4. The van der Waals surface area contributed by atoms with Crippen LogP contribution in [0.25, 0.3) is 0 Å². The van der Waals surface area contributed by atoms with Crippen molar-refractivity contribution in [3.8, 4) is 0 Å². The molecule has 33 heavy (non-hydrogen) atoms. The highest BCUT2D eigenvalue weighted by atomic mass is 35.5. The highest BCUT2D eigenvalue weighted by molar-refractivity contribution is 6.32. The maximum atomic E-state index is 6.34. The fraction of sp³-hybridized carbons (Fsp3) is 0.364. The number of halogens is 2. The molecule has 172 valence electrons. The van der Waals surface area contributed by atoms with Gasteiger partial charge in [0.1, 0.15) is 5.82 Å². The Bertz CT molecular complexity index is 1090. The molecular weight excluding hydrogens is 463 g/mol. The molecule has 0 radical (unpaired) electrons. The molecule has 1 aromatic carbocycles. The van der Waals surface area contributed by atoms with Gasteiger partial charge in [0, 0.05) is 56.2 Å². The van der Waals surface area contributed by atoms with Crippen LogP contribution in [0.15, 0.2) is 42.6 Å². The molecular formula is C22H24Cl2N8O. The van der Waals surface area contributed by atoms with Crippen LogP contribution >= 0.6 is 23.2 Å². The highest BCUT2D eigenvalue weighted by Crippen LogP contribution is 2.26. The fourth-order valence-corrected chi connectivity index (χ4v) is 4.21. The monoisotopic (exact) mass is 486 g/mol. The van der Waals surface area contributed by atoms with Gasteiger partial charge in [-0.05, 0) is 36.4 Å². The summed E-state index contributed by atoms with van der Waals surface area (Å²) < 4.78 is 5.49. The second kappa shape index (κ2) is 9.94. The number of rotatable bonds is 5. The standard InChI is InChI=1S/C22H24Cl2N8O/c23-16-3-5-17(6-4-16)26-20-27-21(29-22(28-20)32-12-14-33-15-13-32)31-10-8-30(9-11-31)19-18(24)2-1-7-25-19/h1-7H,8-15H2,(H,26,27,28,29). The van der Waals surface area contributed by atoms with Gasteiger partial charge in [0.25, 0.3) is 0 Å². The van der Waals surface area contributed by atoms with Gasteiger partial charge in [0.2, 0.25) is 17.8 Å². The van der Waals surface area contributed by atoms with E-state index in [1.807, 2.05) is 36.4 Å². The van der Waals surface area contributed by atoms with Crippen LogP contribution < -0.4 is 20.0 Å². The number of aromatic nitrogens is 4. The Morgan fingerprint density at radius 1 is 0.758 bits per heavy atom. The Labute approximate surface area is 202 Å². The number of nitrogens with zero attached hydrogens (tertiary/aromatic N) is 7. The maximum Gasteiger partial charge on any atom is 0.233 e. The second-order valence-electron chi connectivity index (χ2n) is 7.77. The predicted octanol–water partition coefficient (Wildman–Crippen LogP) is 3.48. The average Bonchev–Trinajstić information content (AvgIpc) is 2.86. The van der Waals surface area contributed by atoms with Crippen molar-refractivity contribution in [1.82, 2.24) is 19.9 Å². The van der Waals surface area contributed by atoms with Crippen molar-refractivity contribution in [2.45, 2.75) is 0 Å². The van der Waals surface area contributed by atoms with Crippen LogP contribution in [0, 0.1) is 0 Å². The first-order chi connectivity index (χ1) is 16.2. The van der Waals surface area contributed by atoms with E-state index in [4.69, 9.17) is 37.9 Å². The number of nitrogens with one attached hydrogen (secondary N) is 1. The minimum Gasteiger partial charge on any atom is -0.378 e. The summed E-state index contributed by atoms with van der Waals surface area (Å²) in [6.07, 6.45) is 1.77. The topological polar surface area (TPSA) is 82.5 Å². The SMILES string of the molecule is Clc1ccc(Nc2nc(N3CCOCC3)nc(N3CCN(c4ncccc4Cl)CC3)n2)cc1. The molecule has 0 spiro atoms. The molecule has 0 aliphatic carbocycles. The molecule has 0 bridgehead atoms. The van der Waals surface area contributed by atoms with Gasteiger partial charge in [-0.2, -0.15) is 15.0 Å². The zero-order valence-electron chi connectivity index (χ0n) is 18.0. The molecule has 4 heterocycles. The summed E-state index contributed by atoms with van der Waals surface area (Å²) in [5.74, 6) is 2.61. The lowest BCUT2D eigenvalue weighted by atomic mass is 10.3. The molecule has 11 heteroatoms. The molecule has 0 amide bonds. The third-order valence-corrected chi connectivity index (χ3v) is 6.15. The molecule has 2 aliphatic heterocycles. The molecule has 2 aromatic heterocycles. The Kier molecular flexibility index (Phi) is 6.61. The Hall–Kier alpha value is -2.88. The Balaban J connectivity index is 1.37. The molecule has 0 unspecified atom stereocenters. The summed E-state index contributed by atoms with van der Waals surface area (Å²) in [6, 6.07) is 11.2. The van der Waals surface area contributed by atoms with E-state index in [2.05, 4.69) is 30.0 Å². The van der Waals surface area contributed by atoms with Crippen molar-refractivity contribution >= 4 is 52.6 Å².